The fourth-order valence-corrected chi connectivity index (χ4v) is 5.47. The van der Waals surface area contributed by atoms with Gasteiger partial charge in [0.25, 0.3) is 20.1 Å². The number of likely N-dealkylation sites (N-methyl/N-ethyl adjacent to an activating group) is 1. The molecule has 0 aliphatic carbocycles. The fourth-order valence-electron chi connectivity index (χ4n) is 4.41. The van der Waals surface area contributed by atoms with E-state index in [0.717, 1.165) is 35.2 Å². The van der Waals surface area contributed by atoms with Crippen LogP contribution in [0.4, 0.5) is 11.4 Å². The van der Waals surface area contributed by atoms with Crippen LogP contribution in [0.2, 0.25) is 0 Å². The van der Waals surface area contributed by atoms with Crippen molar-refractivity contribution in [2.75, 3.05) is 24.6 Å². The summed E-state index contributed by atoms with van der Waals surface area (Å²) in [5.74, 6) is -0.249. The van der Waals surface area contributed by atoms with Gasteiger partial charge in [-0.25, -0.2) is 8.42 Å². The van der Waals surface area contributed by atoms with E-state index in [-0.39, 0.29) is 32.9 Å². The number of H-pyrrole nitrogens is 1. The summed E-state index contributed by atoms with van der Waals surface area (Å²) >= 11 is 0. The minimum atomic E-state index is -3.73. The number of aromatic hydroxyl groups is 1. The van der Waals surface area contributed by atoms with Crippen LogP contribution < -0.4 is 4.72 Å². The second-order valence-electron chi connectivity index (χ2n) is 8.93. The van der Waals surface area contributed by atoms with E-state index in [4.69, 9.17) is 4.55 Å². The van der Waals surface area contributed by atoms with E-state index in [9.17, 15) is 26.8 Å². The molecule has 2 heterocycles. The number of fused-ring (bicyclic) bond motifs is 3. The summed E-state index contributed by atoms with van der Waals surface area (Å²) in [7, 11) is -5.38. The Labute approximate surface area is 236 Å². The molecule has 1 aliphatic heterocycles. The number of aromatic amines is 1. The average molecular weight is 613 g/mol. The quantitative estimate of drug-likeness (QED) is 0.190. The number of hydrogen-bond acceptors (Lipinski definition) is 8. The Morgan fingerprint density at radius 1 is 0.951 bits per heavy atom. The first kappa shape index (κ1) is 35.1. The van der Waals surface area contributed by atoms with Crippen LogP contribution in [0.1, 0.15) is 11.1 Å². The van der Waals surface area contributed by atoms with Gasteiger partial charge in [0, 0.05) is 24.2 Å². The Morgan fingerprint density at radius 2 is 1.54 bits per heavy atom. The van der Waals surface area contributed by atoms with Crippen molar-refractivity contribution in [2.24, 2.45) is 5.18 Å². The molecule has 1 aliphatic rings. The van der Waals surface area contributed by atoms with Gasteiger partial charge in [-0.3, -0.25) is 9.27 Å². The highest BCUT2D eigenvalue weighted by Gasteiger charge is 2.25. The first-order chi connectivity index (χ1) is 17.9. The van der Waals surface area contributed by atoms with Crippen LogP contribution in [0, 0.1) is 4.91 Å². The van der Waals surface area contributed by atoms with Crippen molar-refractivity contribution < 1.29 is 42.9 Å². The smallest absolute Gasteiger partial charge is 0.261 e. The molecule has 4 aromatic rings. The van der Waals surface area contributed by atoms with Gasteiger partial charge in [0.15, 0.2) is 5.69 Å². The Bertz CT molecular complexity index is 1700. The number of hydrogen-bond donors (Lipinski definition) is 4. The number of sulfonamides is 1. The van der Waals surface area contributed by atoms with Crippen LogP contribution in [0.5, 0.6) is 5.88 Å². The van der Waals surface area contributed by atoms with Crippen LogP contribution >= 0.6 is 0 Å². The number of nitrogens with one attached hydrogen (secondary N) is 2. The maximum absolute atomic E-state index is 12.8. The first-order valence-electron chi connectivity index (χ1n) is 11.4. The third kappa shape index (κ3) is 8.08. The molecule has 0 saturated carbocycles. The predicted molar refractivity (Wildman–Crippen MR) is 156 cm³/mol. The van der Waals surface area contributed by atoms with E-state index in [1.807, 2.05) is 19.2 Å². The summed E-state index contributed by atoms with van der Waals surface area (Å²) in [6.45, 7) is 1.52. The second kappa shape index (κ2) is 13.6. The van der Waals surface area contributed by atoms with Crippen molar-refractivity contribution in [2.45, 2.75) is 17.9 Å². The molecule has 41 heavy (non-hydrogen) atoms. The molecule has 0 spiro atoms. The number of nitroso groups, excluding NO2 is 1. The van der Waals surface area contributed by atoms with E-state index in [0.29, 0.717) is 29.4 Å². The molecule has 0 atom stereocenters. The number of para-hydroxylation sites is 1. The van der Waals surface area contributed by atoms with Gasteiger partial charge in [-0.2, -0.15) is 8.42 Å². The summed E-state index contributed by atoms with van der Waals surface area (Å²) < 4.78 is 54.0. The van der Waals surface area contributed by atoms with Gasteiger partial charge in [0.2, 0.25) is 5.88 Å². The number of aromatic nitrogens is 1. The molecule has 16 heteroatoms. The van der Waals surface area contributed by atoms with Gasteiger partial charge in [0.1, 0.15) is 0 Å². The van der Waals surface area contributed by atoms with Crippen molar-refractivity contribution in [1.29, 1.82) is 0 Å². The third-order valence-electron chi connectivity index (χ3n) is 6.04. The topological polar surface area (TPSA) is 264 Å². The van der Waals surface area contributed by atoms with Crippen molar-refractivity contribution in [3.05, 3.63) is 76.7 Å². The minimum Gasteiger partial charge on any atom is -0.493 e. The zero-order valence-electron chi connectivity index (χ0n) is 22.0. The molecule has 3 aromatic carbocycles. The summed E-state index contributed by atoms with van der Waals surface area (Å²) in [5.41, 5.74) is 5.02. The number of benzene rings is 3. The molecule has 0 saturated heterocycles. The van der Waals surface area contributed by atoms with Gasteiger partial charge in [-0.05, 0) is 71.2 Å². The highest BCUT2D eigenvalue weighted by Crippen LogP contribution is 2.43. The van der Waals surface area contributed by atoms with Gasteiger partial charge in [0.05, 0.1) is 16.7 Å². The molecular weight excluding hydrogens is 580 g/mol. The van der Waals surface area contributed by atoms with E-state index in [2.05, 4.69) is 19.8 Å². The number of anilines is 1. The summed E-state index contributed by atoms with van der Waals surface area (Å²) in [6, 6.07) is 17.2. The Kier molecular flexibility index (Phi) is 11.7. The first-order valence-corrected chi connectivity index (χ1v) is 14.7. The Balaban J connectivity index is 0.000000971. The molecule has 0 bridgehead atoms. The molecule has 224 valence electrons. The standard InChI is InChI=1S/C24H22N4O4S.CH4O3S.3H2O/c1-28-12-11-18-19(13-20-22(21(18)14-28)25-24(29)23(20)26-30)15-7-9-17(10-8-15)33(31,32)27-16-5-3-2-4-6-16;1-5(2,3)4;;;/h2-10,13,25,27,29H,11-12,14H2,1H3;1H3,(H,2,3,4);3*1H2. The van der Waals surface area contributed by atoms with Gasteiger partial charge >= 0.3 is 0 Å². The van der Waals surface area contributed by atoms with Crippen LogP contribution in [0.3, 0.4) is 0 Å². The number of rotatable bonds is 5. The minimum absolute atomic E-state index is 0. The van der Waals surface area contributed by atoms with Crippen LogP contribution in [0.25, 0.3) is 22.0 Å². The monoisotopic (exact) mass is 612 g/mol. The van der Waals surface area contributed by atoms with Crippen LogP contribution in [-0.4, -0.2) is 72.7 Å². The van der Waals surface area contributed by atoms with Crippen molar-refractivity contribution in [3.8, 4) is 17.0 Å². The van der Waals surface area contributed by atoms with Gasteiger partial charge in [-0.1, -0.05) is 30.3 Å². The van der Waals surface area contributed by atoms with E-state index in [1.165, 1.54) is 0 Å². The molecule has 5 rings (SSSR count). The predicted octanol–water partition coefficient (Wildman–Crippen LogP) is 1.76. The largest absolute Gasteiger partial charge is 0.493 e. The third-order valence-corrected chi connectivity index (χ3v) is 7.43. The summed E-state index contributed by atoms with van der Waals surface area (Å²) in [4.78, 5) is 16.6. The molecule has 0 amide bonds. The second-order valence-corrected chi connectivity index (χ2v) is 12.1. The molecule has 0 fully saturated rings. The molecule has 10 N–H and O–H groups in total. The van der Waals surface area contributed by atoms with Gasteiger partial charge < -0.3 is 31.4 Å². The molecule has 14 nitrogen and oxygen atoms in total. The van der Waals surface area contributed by atoms with Crippen molar-refractivity contribution in [3.63, 3.8) is 0 Å². The van der Waals surface area contributed by atoms with Crippen LogP contribution in [-0.2, 0) is 33.1 Å². The molecule has 0 radical (unpaired) electrons. The molecule has 0 unspecified atom stereocenters. The lowest BCUT2D eigenvalue weighted by Crippen LogP contribution is -2.27. The van der Waals surface area contributed by atoms with Gasteiger partial charge in [-0.15, -0.1) is 4.91 Å². The maximum atomic E-state index is 12.8. The molecule has 1 aromatic heterocycles. The lowest BCUT2D eigenvalue weighted by Gasteiger charge is -2.27. The van der Waals surface area contributed by atoms with E-state index < -0.39 is 20.1 Å². The highest BCUT2D eigenvalue weighted by molar-refractivity contribution is 7.92. The highest BCUT2D eigenvalue weighted by atomic mass is 32.2. The average Bonchev–Trinajstić information content (AvgIpc) is 3.18. The summed E-state index contributed by atoms with van der Waals surface area (Å²) in [6.07, 6.45) is 1.50. The lowest BCUT2D eigenvalue weighted by molar-refractivity contribution is 0.314. The van der Waals surface area contributed by atoms with Crippen molar-refractivity contribution >= 4 is 42.4 Å². The maximum Gasteiger partial charge on any atom is 0.261 e. The van der Waals surface area contributed by atoms with Crippen LogP contribution in [0.15, 0.2) is 70.7 Å². The fraction of sp³-hybridized carbons (Fsp3) is 0.200. The Morgan fingerprint density at radius 3 is 2.10 bits per heavy atom. The lowest BCUT2D eigenvalue weighted by atomic mass is 9.89. The molecular formula is C25H32N4O10S2. The normalized spacial score (nSPS) is 12.9. The van der Waals surface area contributed by atoms with Crippen molar-refractivity contribution in [1.82, 2.24) is 9.88 Å². The SMILES string of the molecule is CN1CCc2c(-c3ccc(S(=O)(=O)Nc4ccccc4)cc3)cc3c(N=O)c(O)[nH]c3c2C1.CS(=O)(=O)O.O.O.O. The van der Waals surface area contributed by atoms with E-state index >= 15 is 0 Å². The zero-order chi connectivity index (χ0) is 27.7. The number of nitrogens with zero attached hydrogens (tertiary/aromatic N) is 2. The zero-order valence-corrected chi connectivity index (χ0v) is 23.7. The summed E-state index contributed by atoms with van der Waals surface area (Å²) in [5, 5.41) is 13.7. The van der Waals surface area contributed by atoms with E-state index in [1.54, 1.807) is 48.5 Å². The Hall–Kier alpha value is -3.90.